The van der Waals surface area contributed by atoms with E-state index in [4.69, 9.17) is 9.29 Å². The number of nitrogens with one attached hydrogen (secondary N) is 4. The first-order chi connectivity index (χ1) is 18.1. The summed E-state index contributed by atoms with van der Waals surface area (Å²) in [6.45, 7) is 4.09. The minimum absolute atomic E-state index is 0.303. The largest absolute Gasteiger partial charge is 0.379 e. The van der Waals surface area contributed by atoms with Gasteiger partial charge in [-0.2, -0.15) is 13.5 Å². The van der Waals surface area contributed by atoms with Crippen molar-refractivity contribution < 1.29 is 31.3 Å². The molecule has 1 saturated heterocycles. The average Bonchev–Trinajstić information content (AvgIpc) is 3.47. The Balaban J connectivity index is 0.000000617. The van der Waals surface area contributed by atoms with E-state index in [1.807, 2.05) is 18.2 Å². The summed E-state index contributed by atoms with van der Waals surface area (Å²) < 4.78 is 58.9. The number of hydrogen-bond donors (Lipinski definition) is 5. The molecule has 5 rings (SSSR count). The highest BCUT2D eigenvalue weighted by atomic mass is 32.2. The Morgan fingerprint density at radius 3 is 2.53 bits per heavy atom. The van der Waals surface area contributed by atoms with E-state index in [2.05, 4.69) is 35.7 Å². The molecule has 15 heteroatoms. The van der Waals surface area contributed by atoms with Crippen LogP contribution in [-0.2, 0) is 21.4 Å². The van der Waals surface area contributed by atoms with Gasteiger partial charge in [-0.25, -0.2) is 18.6 Å². The monoisotopic (exact) mass is 549 g/mol. The van der Waals surface area contributed by atoms with Crippen LogP contribution in [0.2, 0.25) is 0 Å². The van der Waals surface area contributed by atoms with Crippen molar-refractivity contribution in [2.75, 3.05) is 43.2 Å². The summed E-state index contributed by atoms with van der Waals surface area (Å²) in [4.78, 5) is 22.5. The molecule has 4 aromatic rings. The third kappa shape index (κ3) is 7.32. The van der Waals surface area contributed by atoms with Crippen molar-refractivity contribution in [2.45, 2.75) is 6.54 Å². The maximum atomic E-state index is 13.8. The van der Waals surface area contributed by atoms with E-state index in [-0.39, 0.29) is 0 Å². The van der Waals surface area contributed by atoms with E-state index in [0.29, 0.717) is 23.5 Å². The quantitative estimate of drug-likeness (QED) is 0.237. The van der Waals surface area contributed by atoms with E-state index < -0.39 is 33.5 Å². The zero-order chi connectivity index (χ0) is 27.3. The number of rotatable bonds is 5. The van der Waals surface area contributed by atoms with Crippen molar-refractivity contribution in [1.82, 2.24) is 25.1 Å². The number of aromatic nitrogens is 4. The van der Waals surface area contributed by atoms with Crippen LogP contribution in [0.25, 0.3) is 22.6 Å². The Morgan fingerprint density at radius 1 is 1.16 bits per heavy atom. The lowest BCUT2D eigenvalue weighted by Crippen LogP contribution is -2.35. The zero-order valence-electron chi connectivity index (χ0n) is 20.2. The predicted molar refractivity (Wildman–Crippen MR) is 136 cm³/mol. The highest BCUT2D eigenvalue weighted by molar-refractivity contribution is 7.85. The van der Waals surface area contributed by atoms with E-state index in [1.54, 1.807) is 0 Å². The van der Waals surface area contributed by atoms with Crippen LogP contribution in [0.3, 0.4) is 0 Å². The summed E-state index contributed by atoms with van der Waals surface area (Å²) in [5.41, 5.74) is 2.95. The fourth-order valence-electron chi connectivity index (χ4n) is 3.74. The predicted octanol–water partition coefficient (Wildman–Crippen LogP) is 3.21. The third-order valence-electron chi connectivity index (χ3n) is 5.38. The fraction of sp³-hybridized carbons (Fsp3) is 0.261. The Hall–Kier alpha value is -3.92. The van der Waals surface area contributed by atoms with Gasteiger partial charge in [-0.1, -0.05) is 12.1 Å². The molecule has 202 valence electrons. The van der Waals surface area contributed by atoms with Gasteiger partial charge in [0, 0.05) is 19.6 Å². The van der Waals surface area contributed by atoms with Gasteiger partial charge in [0.2, 0.25) is 0 Å². The number of benzene rings is 2. The summed E-state index contributed by atoms with van der Waals surface area (Å²) in [5.74, 6) is -1.27. The number of morpholine rings is 1. The molecule has 0 spiro atoms. The number of urea groups is 1. The molecule has 5 N–H and O–H groups in total. The minimum Gasteiger partial charge on any atom is -0.379 e. The highest BCUT2D eigenvalue weighted by Gasteiger charge is 2.17. The highest BCUT2D eigenvalue weighted by Crippen LogP contribution is 2.27. The molecule has 0 saturated carbocycles. The molecule has 0 radical (unpaired) electrons. The van der Waals surface area contributed by atoms with Crippen LogP contribution >= 0.6 is 0 Å². The molecule has 12 nitrogen and oxygen atoms in total. The van der Waals surface area contributed by atoms with Crippen LogP contribution in [0.5, 0.6) is 0 Å². The molecule has 3 heterocycles. The second-order valence-corrected chi connectivity index (χ2v) is 9.86. The molecule has 2 aromatic carbocycles. The molecular formula is C23H25F2N7O5S. The first-order valence-electron chi connectivity index (χ1n) is 11.3. The van der Waals surface area contributed by atoms with Crippen molar-refractivity contribution >= 4 is 38.6 Å². The van der Waals surface area contributed by atoms with Gasteiger partial charge in [0.1, 0.15) is 23.0 Å². The lowest BCUT2D eigenvalue weighted by molar-refractivity contribution is 0.0342. The molecule has 2 aromatic heterocycles. The van der Waals surface area contributed by atoms with Crippen LogP contribution < -0.4 is 10.6 Å². The average molecular weight is 550 g/mol. The smallest absolute Gasteiger partial charge is 0.323 e. The Labute approximate surface area is 216 Å². The summed E-state index contributed by atoms with van der Waals surface area (Å²) in [6, 6.07) is 8.53. The van der Waals surface area contributed by atoms with Crippen LogP contribution in [0.1, 0.15) is 5.56 Å². The van der Waals surface area contributed by atoms with Crippen LogP contribution in [-0.4, -0.2) is 76.6 Å². The lowest BCUT2D eigenvalue weighted by Gasteiger charge is -2.26. The number of halogens is 2. The summed E-state index contributed by atoms with van der Waals surface area (Å²) >= 11 is 0. The molecule has 2 amide bonds. The number of carbonyl (C=O) groups excluding carboxylic acids is 1. The SMILES string of the molecule is CS(=O)(=O)O.O=C(Nc1cn[nH]c1-c1nc2ccc(CN3CCOCC3)cc2[nH]1)Nc1c(F)cccc1F. The topological polar surface area (TPSA) is 165 Å². The molecule has 1 aliphatic heterocycles. The van der Waals surface area contributed by atoms with Crippen LogP contribution in [0, 0.1) is 11.6 Å². The number of imidazole rings is 1. The number of hydrogen-bond acceptors (Lipinski definition) is 7. The number of fused-ring (bicyclic) bond motifs is 1. The molecule has 0 aliphatic carbocycles. The van der Waals surface area contributed by atoms with E-state index >= 15 is 0 Å². The van der Waals surface area contributed by atoms with Gasteiger partial charge in [0.25, 0.3) is 10.1 Å². The molecule has 0 unspecified atom stereocenters. The number of nitrogens with zero attached hydrogens (tertiary/aromatic N) is 3. The summed E-state index contributed by atoms with van der Waals surface area (Å²) in [6.07, 6.45) is 2.11. The number of ether oxygens (including phenoxy) is 1. The second kappa shape index (κ2) is 11.6. The van der Waals surface area contributed by atoms with Gasteiger partial charge < -0.3 is 20.4 Å². The number of amides is 2. The van der Waals surface area contributed by atoms with Gasteiger partial charge in [0.15, 0.2) is 5.82 Å². The molecule has 38 heavy (non-hydrogen) atoms. The van der Waals surface area contributed by atoms with E-state index in [9.17, 15) is 22.0 Å². The zero-order valence-corrected chi connectivity index (χ0v) is 21.0. The number of H-pyrrole nitrogens is 2. The number of carbonyl (C=O) groups is 1. The fourth-order valence-corrected chi connectivity index (χ4v) is 3.74. The summed E-state index contributed by atoms with van der Waals surface area (Å²) in [7, 11) is -3.67. The molecular weight excluding hydrogens is 524 g/mol. The second-order valence-electron chi connectivity index (χ2n) is 8.39. The van der Waals surface area contributed by atoms with Gasteiger partial charge >= 0.3 is 6.03 Å². The molecule has 1 aliphatic rings. The lowest BCUT2D eigenvalue weighted by atomic mass is 10.2. The Kier molecular flexibility index (Phi) is 8.31. The first kappa shape index (κ1) is 27.1. The van der Waals surface area contributed by atoms with Crippen molar-refractivity contribution in [1.29, 1.82) is 0 Å². The van der Waals surface area contributed by atoms with Gasteiger partial charge in [-0.3, -0.25) is 14.6 Å². The number of para-hydroxylation sites is 1. The summed E-state index contributed by atoms with van der Waals surface area (Å²) in [5, 5.41) is 11.5. The van der Waals surface area contributed by atoms with Gasteiger partial charge in [-0.15, -0.1) is 0 Å². The van der Waals surface area contributed by atoms with Gasteiger partial charge in [-0.05, 0) is 29.8 Å². The molecule has 1 fully saturated rings. The van der Waals surface area contributed by atoms with Crippen LogP contribution in [0.15, 0.2) is 42.6 Å². The standard InChI is InChI=1S/C22H21F2N7O2.CH4O3S/c23-14-2-1-3-15(24)19(14)29-22(32)28-18-11-25-30-20(18)21-26-16-5-4-13(10-17(16)27-21)12-31-6-8-33-9-7-31;1-5(2,3)4/h1-5,10-11H,6-9,12H2,(H,25,30)(H,26,27)(H2,28,29,32);1H3,(H,2,3,4). The Bertz CT molecular complexity index is 1510. The van der Waals surface area contributed by atoms with Crippen molar-refractivity contribution in [3.8, 4) is 11.5 Å². The van der Waals surface area contributed by atoms with E-state index in [1.165, 1.54) is 12.3 Å². The van der Waals surface area contributed by atoms with Crippen molar-refractivity contribution in [3.05, 3.63) is 59.8 Å². The minimum atomic E-state index is -3.67. The maximum Gasteiger partial charge on any atom is 0.323 e. The van der Waals surface area contributed by atoms with Crippen molar-refractivity contribution in [2.24, 2.45) is 0 Å². The molecule has 0 atom stereocenters. The van der Waals surface area contributed by atoms with Crippen LogP contribution in [0.4, 0.5) is 25.0 Å². The van der Waals surface area contributed by atoms with Gasteiger partial charge in [0.05, 0.1) is 42.4 Å². The first-order valence-corrected chi connectivity index (χ1v) is 13.2. The molecule has 0 bridgehead atoms. The van der Waals surface area contributed by atoms with E-state index in [0.717, 1.165) is 61.6 Å². The van der Waals surface area contributed by atoms with Crippen molar-refractivity contribution in [3.63, 3.8) is 0 Å². The maximum absolute atomic E-state index is 13.8. The third-order valence-corrected chi connectivity index (χ3v) is 5.38. The normalized spacial score (nSPS) is 14.1. The number of anilines is 2. The Morgan fingerprint density at radius 2 is 1.84 bits per heavy atom. The number of aromatic amines is 2.